The van der Waals surface area contributed by atoms with Crippen molar-refractivity contribution in [3.63, 3.8) is 0 Å². The van der Waals surface area contributed by atoms with Crippen molar-refractivity contribution in [2.24, 2.45) is 5.92 Å². The van der Waals surface area contributed by atoms with Crippen molar-refractivity contribution in [2.45, 2.75) is 26.9 Å². The molecule has 3 heteroatoms. The first-order chi connectivity index (χ1) is 7.59. The van der Waals surface area contributed by atoms with E-state index in [1.54, 1.807) is 0 Å². The molecule has 0 aromatic heterocycles. The Morgan fingerprint density at radius 2 is 1.69 bits per heavy atom. The van der Waals surface area contributed by atoms with Gasteiger partial charge in [-0.05, 0) is 37.1 Å². The molecule has 1 aromatic carbocycles. The lowest BCUT2D eigenvalue weighted by molar-refractivity contribution is 0.0188. The first-order valence-electron chi connectivity index (χ1n) is 5.69. The zero-order chi connectivity index (χ0) is 12.0. The van der Waals surface area contributed by atoms with Crippen molar-refractivity contribution in [3.8, 4) is 5.75 Å². The van der Waals surface area contributed by atoms with E-state index >= 15 is 0 Å². The van der Waals surface area contributed by atoms with E-state index in [0.717, 1.165) is 11.4 Å². The van der Waals surface area contributed by atoms with E-state index in [1.807, 2.05) is 24.3 Å². The first kappa shape index (κ1) is 12.8. The van der Waals surface area contributed by atoms with Gasteiger partial charge >= 0.3 is 0 Å². The van der Waals surface area contributed by atoms with E-state index in [0.29, 0.717) is 19.1 Å². The molecular weight excluding hydrogens is 202 g/mol. The summed E-state index contributed by atoms with van der Waals surface area (Å²) < 4.78 is 11.1. The smallest absolute Gasteiger partial charge is 0.119 e. The molecule has 2 N–H and O–H groups in total. The van der Waals surface area contributed by atoms with Gasteiger partial charge in [-0.25, -0.2) is 0 Å². The molecule has 0 amide bonds. The van der Waals surface area contributed by atoms with Crippen LogP contribution >= 0.6 is 0 Å². The SMILES string of the molecule is CC(C)C(C)OCCOc1ccc(N)cc1. The third kappa shape index (κ3) is 4.53. The van der Waals surface area contributed by atoms with E-state index in [4.69, 9.17) is 15.2 Å². The van der Waals surface area contributed by atoms with Crippen LogP contribution in [0.15, 0.2) is 24.3 Å². The minimum absolute atomic E-state index is 0.273. The molecule has 16 heavy (non-hydrogen) atoms. The summed E-state index contributed by atoms with van der Waals surface area (Å²) in [4.78, 5) is 0. The van der Waals surface area contributed by atoms with Gasteiger partial charge in [-0.15, -0.1) is 0 Å². The Hall–Kier alpha value is -1.22. The van der Waals surface area contributed by atoms with Gasteiger partial charge in [-0.1, -0.05) is 13.8 Å². The molecule has 1 rings (SSSR count). The normalized spacial score (nSPS) is 12.8. The van der Waals surface area contributed by atoms with Crippen LogP contribution < -0.4 is 10.5 Å². The van der Waals surface area contributed by atoms with Crippen LogP contribution in [0.5, 0.6) is 5.75 Å². The molecule has 0 aliphatic heterocycles. The molecule has 1 unspecified atom stereocenters. The summed E-state index contributed by atoms with van der Waals surface area (Å²) in [7, 11) is 0. The van der Waals surface area contributed by atoms with Gasteiger partial charge in [-0.3, -0.25) is 0 Å². The highest BCUT2D eigenvalue weighted by atomic mass is 16.5. The zero-order valence-electron chi connectivity index (χ0n) is 10.3. The molecule has 0 aliphatic rings. The fourth-order valence-corrected chi connectivity index (χ4v) is 1.15. The second-order valence-electron chi connectivity index (χ2n) is 4.24. The van der Waals surface area contributed by atoms with Crippen molar-refractivity contribution in [2.75, 3.05) is 18.9 Å². The number of benzene rings is 1. The van der Waals surface area contributed by atoms with Crippen LogP contribution in [0.3, 0.4) is 0 Å². The van der Waals surface area contributed by atoms with E-state index in [2.05, 4.69) is 20.8 Å². The van der Waals surface area contributed by atoms with E-state index in [9.17, 15) is 0 Å². The van der Waals surface area contributed by atoms with Crippen LogP contribution in [0.2, 0.25) is 0 Å². The highest BCUT2D eigenvalue weighted by Gasteiger charge is 2.06. The number of hydrogen-bond donors (Lipinski definition) is 1. The van der Waals surface area contributed by atoms with Crippen molar-refractivity contribution in [1.29, 1.82) is 0 Å². The first-order valence-corrected chi connectivity index (χ1v) is 5.69. The summed E-state index contributed by atoms with van der Waals surface area (Å²) in [6, 6.07) is 7.38. The molecule has 0 fully saturated rings. The average molecular weight is 223 g/mol. The highest BCUT2D eigenvalue weighted by Crippen LogP contribution is 2.13. The van der Waals surface area contributed by atoms with Crippen molar-refractivity contribution < 1.29 is 9.47 Å². The van der Waals surface area contributed by atoms with Gasteiger partial charge in [0, 0.05) is 5.69 Å². The number of ether oxygens (including phenoxy) is 2. The van der Waals surface area contributed by atoms with Crippen LogP contribution in [0.4, 0.5) is 5.69 Å². The monoisotopic (exact) mass is 223 g/mol. The molecule has 0 saturated carbocycles. The van der Waals surface area contributed by atoms with Crippen LogP contribution in [0, 0.1) is 5.92 Å². The lowest BCUT2D eigenvalue weighted by Gasteiger charge is -2.16. The van der Waals surface area contributed by atoms with Gasteiger partial charge in [-0.2, -0.15) is 0 Å². The molecule has 1 atom stereocenters. The van der Waals surface area contributed by atoms with Gasteiger partial charge in [0.15, 0.2) is 0 Å². The molecule has 0 bridgehead atoms. The summed E-state index contributed by atoms with van der Waals surface area (Å²) in [5.41, 5.74) is 6.32. The fraction of sp³-hybridized carbons (Fsp3) is 0.538. The predicted octanol–water partition coefficient (Wildman–Crippen LogP) is 2.71. The predicted molar refractivity (Wildman–Crippen MR) is 66.6 cm³/mol. The van der Waals surface area contributed by atoms with Gasteiger partial charge < -0.3 is 15.2 Å². The molecule has 0 radical (unpaired) electrons. The lowest BCUT2D eigenvalue weighted by atomic mass is 10.1. The maximum absolute atomic E-state index is 5.60. The second-order valence-corrected chi connectivity index (χ2v) is 4.24. The molecule has 0 saturated heterocycles. The molecule has 1 aromatic rings. The van der Waals surface area contributed by atoms with Crippen molar-refractivity contribution in [3.05, 3.63) is 24.3 Å². The lowest BCUT2D eigenvalue weighted by Crippen LogP contribution is -2.19. The Balaban J connectivity index is 2.18. The molecule has 0 spiro atoms. The highest BCUT2D eigenvalue weighted by molar-refractivity contribution is 5.41. The topological polar surface area (TPSA) is 44.5 Å². The summed E-state index contributed by atoms with van der Waals surface area (Å²) >= 11 is 0. The Morgan fingerprint density at radius 1 is 1.06 bits per heavy atom. The summed E-state index contributed by atoms with van der Waals surface area (Å²) in [6.07, 6.45) is 0.273. The maximum atomic E-state index is 5.60. The van der Waals surface area contributed by atoms with E-state index < -0.39 is 0 Å². The Kier molecular flexibility index (Phi) is 5.12. The van der Waals surface area contributed by atoms with E-state index in [-0.39, 0.29) is 6.10 Å². The average Bonchev–Trinajstić information content (AvgIpc) is 2.26. The summed E-state index contributed by atoms with van der Waals surface area (Å²) in [5.74, 6) is 1.37. The molecule has 0 aliphatic carbocycles. The molecule has 90 valence electrons. The Bertz CT molecular complexity index is 295. The van der Waals surface area contributed by atoms with Crippen LogP contribution in [0.1, 0.15) is 20.8 Å². The quantitative estimate of drug-likeness (QED) is 0.595. The van der Waals surface area contributed by atoms with Gasteiger partial charge in [0.2, 0.25) is 0 Å². The standard InChI is InChI=1S/C13H21NO2/c1-10(2)11(3)15-8-9-16-13-6-4-12(14)5-7-13/h4-7,10-11H,8-9,14H2,1-3H3. The molecular formula is C13H21NO2. The van der Waals surface area contributed by atoms with Crippen LogP contribution in [-0.4, -0.2) is 19.3 Å². The van der Waals surface area contributed by atoms with Crippen LogP contribution in [0.25, 0.3) is 0 Å². The largest absolute Gasteiger partial charge is 0.491 e. The number of rotatable bonds is 6. The number of nitrogen functional groups attached to an aromatic ring is 1. The maximum Gasteiger partial charge on any atom is 0.119 e. The van der Waals surface area contributed by atoms with Gasteiger partial charge in [0.05, 0.1) is 12.7 Å². The van der Waals surface area contributed by atoms with Crippen LogP contribution in [-0.2, 0) is 4.74 Å². The summed E-state index contributed by atoms with van der Waals surface area (Å²) in [5, 5.41) is 0. The van der Waals surface area contributed by atoms with Crippen molar-refractivity contribution in [1.82, 2.24) is 0 Å². The second kappa shape index (κ2) is 6.38. The number of nitrogens with two attached hydrogens (primary N) is 1. The molecule has 0 heterocycles. The fourth-order valence-electron chi connectivity index (χ4n) is 1.15. The minimum Gasteiger partial charge on any atom is -0.491 e. The Labute approximate surface area is 97.6 Å². The summed E-state index contributed by atoms with van der Waals surface area (Å²) in [6.45, 7) is 7.55. The van der Waals surface area contributed by atoms with Gasteiger partial charge in [0.25, 0.3) is 0 Å². The minimum atomic E-state index is 0.273. The number of anilines is 1. The van der Waals surface area contributed by atoms with Gasteiger partial charge in [0.1, 0.15) is 12.4 Å². The molecule has 3 nitrogen and oxygen atoms in total. The third-order valence-corrected chi connectivity index (χ3v) is 2.55. The third-order valence-electron chi connectivity index (χ3n) is 2.55. The zero-order valence-corrected chi connectivity index (χ0v) is 10.3. The number of hydrogen-bond acceptors (Lipinski definition) is 3. The Morgan fingerprint density at radius 3 is 2.25 bits per heavy atom. The van der Waals surface area contributed by atoms with Crippen molar-refractivity contribution >= 4 is 5.69 Å². The van der Waals surface area contributed by atoms with E-state index in [1.165, 1.54) is 0 Å².